The third-order valence-electron chi connectivity index (χ3n) is 11.2. The number of rotatable bonds is 11. The Morgan fingerprint density at radius 1 is 0.810 bits per heavy atom. The molecule has 2 saturated heterocycles. The SMILES string of the molecule is O=c1cc2c(nn1-c1c(O)cccc1F)c(-c1ccc(N3CCN4CCOC[C@H]4C3)c(OCCCO)c1)nn2C(c1ccccc1)(c1ccccc1)c1ccccc1. The fraction of sp³-hybridized carbons (Fsp3) is 0.239. The van der Waals surface area contributed by atoms with Crippen LogP contribution in [0.2, 0.25) is 0 Å². The molecular formula is C46H43FN6O5. The highest BCUT2D eigenvalue weighted by molar-refractivity contribution is 5.91. The van der Waals surface area contributed by atoms with Crippen LogP contribution in [0.15, 0.2) is 138 Å². The largest absolute Gasteiger partial charge is 0.506 e. The van der Waals surface area contributed by atoms with Gasteiger partial charge in [-0.05, 0) is 41.0 Å². The molecule has 2 aromatic heterocycles. The maximum absolute atomic E-state index is 15.5. The number of aromatic nitrogens is 4. The van der Waals surface area contributed by atoms with Crippen LogP contribution in [-0.4, -0.2) is 93.3 Å². The van der Waals surface area contributed by atoms with Gasteiger partial charge in [-0.25, -0.2) is 9.07 Å². The molecule has 0 aliphatic carbocycles. The molecule has 0 unspecified atom stereocenters. The van der Waals surface area contributed by atoms with E-state index in [2.05, 4.69) is 9.80 Å². The normalized spacial score (nSPS) is 16.0. The van der Waals surface area contributed by atoms with E-state index in [1.165, 1.54) is 24.3 Å². The highest BCUT2D eigenvalue weighted by Gasteiger charge is 2.42. The Bertz CT molecular complexity index is 2480. The van der Waals surface area contributed by atoms with Gasteiger partial charge in [0.2, 0.25) is 0 Å². The van der Waals surface area contributed by atoms with Gasteiger partial charge in [0.15, 0.2) is 5.82 Å². The molecule has 0 radical (unpaired) electrons. The van der Waals surface area contributed by atoms with Gasteiger partial charge in [0.25, 0.3) is 5.56 Å². The number of hydrogen-bond acceptors (Lipinski definition) is 9. The molecule has 4 heterocycles. The lowest BCUT2D eigenvalue weighted by Crippen LogP contribution is -2.58. The van der Waals surface area contributed by atoms with Gasteiger partial charge in [0.05, 0.1) is 37.1 Å². The average molecular weight is 779 g/mol. The summed E-state index contributed by atoms with van der Waals surface area (Å²) in [6, 6.07) is 41.4. The Balaban J connectivity index is 1.32. The topological polar surface area (TPSA) is 118 Å². The number of morpholine rings is 1. The van der Waals surface area contributed by atoms with E-state index in [0.717, 1.165) is 59.8 Å². The van der Waals surface area contributed by atoms with Crippen molar-refractivity contribution < 1.29 is 24.1 Å². The summed E-state index contributed by atoms with van der Waals surface area (Å²) in [7, 11) is 0. The summed E-state index contributed by atoms with van der Waals surface area (Å²) in [4.78, 5) is 19.0. The van der Waals surface area contributed by atoms with Crippen molar-refractivity contribution in [3.05, 3.63) is 166 Å². The first kappa shape index (κ1) is 37.2. The van der Waals surface area contributed by atoms with Crippen molar-refractivity contribution >= 4 is 16.7 Å². The Labute approximate surface area is 334 Å². The lowest BCUT2D eigenvalue weighted by molar-refractivity contribution is -0.0117. The number of halogens is 1. The van der Waals surface area contributed by atoms with Gasteiger partial charge >= 0.3 is 0 Å². The number of fused-ring (bicyclic) bond motifs is 2. The van der Waals surface area contributed by atoms with Gasteiger partial charge in [-0.2, -0.15) is 14.9 Å². The predicted octanol–water partition coefficient (Wildman–Crippen LogP) is 6.22. The fourth-order valence-corrected chi connectivity index (χ4v) is 8.46. The van der Waals surface area contributed by atoms with E-state index in [1.54, 1.807) is 0 Å². The van der Waals surface area contributed by atoms with E-state index in [-0.39, 0.29) is 24.9 Å². The number of aliphatic hydroxyl groups excluding tert-OH is 1. The minimum atomic E-state index is -1.12. The zero-order valence-electron chi connectivity index (χ0n) is 31.8. The number of phenols is 1. The zero-order chi connectivity index (χ0) is 39.6. The second kappa shape index (κ2) is 15.9. The fourth-order valence-electron chi connectivity index (χ4n) is 8.46. The number of ether oxygens (including phenoxy) is 2. The highest BCUT2D eigenvalue weighted by Crippen LogP contribution is 2.44. The lowest BCUT2D eigenvalue weighted by atomic mass is 9.77. The number of benzene rings is 5. The molecule has 294 valence electrons. The van der Waals surface area contributed by atoms with Crippen LogP contribution < -0.4 is 15.2 Å². The first-order valence-corrected chi connectivity index (χ1v) is 19.6. The molecule has 2 fully saturated rings. The molecule has 5 aromatic carbocycles. The van der Waals surface area contributed by atoms with Crippen molar-refractivity contribution in [1.82, 2.24) is 24.5 Å². The van der Waals surface area contributed by atoms with Gasteiger partial charge in [0.1, 0.15) is 33.9 Å². The van der Waals surface area contributed by atoms with Gasteiger partial charge in [-0.15, -0.1) is 0 Å². The Kier molecular flexibility index (Phi) is 10.2. The van der Waals surface area contributed by atoms with E-state index in [4.69, 9.17) is 19.7 Å². The Hall–Kier alpha value is -6.34. The number of phenolic OH excluding ortho intramolecular Hbond substituents is 1. The van der Waals surface area contributed by atoms with E-state index in [0.29, 0.717) is 41.1 Å². The van der Waals surface area contributed by atoms with Crippen LogP contribution in [0.3, 0.4) is 0 Å². The molecule has 0 spiro atoms. The molecule has 2 N–H and O–H groups in total. The van der Waals surface area contributed by atoms with Crippen LogP contribution in [0.4, 0.5) is 10.1 Å². The molecule has 12 heteroatoms. The minimum absolute atomic E-state index is 0.0208. The van der Waals surface area contributed by atoms with Crippen molar-refractivity contribution in [3.63, 3.8) is 0 Å². The average Bonchev–Trinajstić information content (AvgIpc) is 3.63. The van der Waals surface area contributed by atoms with Crippen LogP contribution in [0.25, 0.3) is 28.0 Å². The van der Waals surface area contributed by atoms with Crippen LogP contribution in [0, 0.1) is 5.82 Å². The first-order valence-electron chi connectivity index (χ1n) is 19.6. The number of hydrogen-bond donors (Lipinski definition) is 2. The maximum atomic E-state index is 15.5. The number of aromatic hydroxyl groups is 1. The summed E-state index contributed by atoms with van der Waals surface area (Å²) < 4.78 is 30.5. The standard InChI is InChI=1S/C46H43FN6O5/c47-37-18-10-19-40(55)45(37)52-42(56)29-39-44(48-52)43(32-20-21-38(41(28-32)58-26-11-25-54)51-23-22-50-24-27-57-31-36(50)30-51)49-53(39)46(33-12-4-1-5-13-33,34-14-6-2-7-15-34)35-16-8-3-9-17-35/h1-10,12-21,28-29,36,54-55H,11,22-27,30-31H2/t36-/m1/s1. The number of anilines is 1. The van der Waals surface area contributed by atoms with E-state index in [1.807, 2.05) is 114 Å². The summed E-state index contributed by atoms with van der Waals surface area (Å²) in [6.07, 6.45) is 0.444. The molecule has 1 atom stereocenters. The number of aliphatic hydroxyl groups is 1. The second-order valence-corrected chi connectivity index (χ2v) is 14.6. The first-order chi connectivity index (χ1) is 28.5. The van der Waals surface area contributed by atoms with Crippen molar-refractivity contribution in [2.75, 3.05) is 57.5 Å². The van der Waals surface area contributed by atoms with Gasteiger partial charge < -0.3 is 24.6 Å². The number of para-hydroxylation sites is 1. The highest BCUT2D eigenvalue weighted by atomic mass is 19.1. The summed E-state index contributed by atoms with van der Waals surface area (Å²) in [5.41, 5.74) is 3.17. The predicted molar refractivity (Wildman–Crippen MR) is 220 cm³/mol. The van der Waals surface area contributed by atoms with Crippen LogP contribution in [-0.2, 0) is 10.3 Å². The maximum Gasteiger partial charge on any atom is 0.273 e. The van der Waals surface area contributed by atoms with Crippen molar-refractivity contribution in [2.45, 2.75) is 18.0 Å². The number of piperazine rings is 1. The molecule has 2 aliphatic heterocycles. The molecule has 0 bridgehead atoms. The Morgan fingerprint density at radius 3 is 2.16 bits per heavy atom. The van der Waals surface area contributed by atoms with E-state index < -0.39 is 22.7 Å². The third kappa shape index (κ3) is 6.58. The van der Waals surface area contributed by atoms with Crippen LogP contribution >= 0.6 is 0 Å². The molecular weight excluding hydrogens is 736 g/mol. The second-order valence-electron chi connectivity index (χ2n) is 14.6. The molecule has 9 rings (SSSR count). The van der Waals surface area contributed by atoms with E-state index >= 15 is 4.39 Å². The summed E-state index contributed by atoms with van der Waals surface area (Å²) in [6.45, 7) is 5.04. The smallest absolute Gasteiger partial charge is 0.273 e. The van der Waals surface area contributed by atoms with Gasteiger partial charge in [-0.3, -0.25) is 9.69 Å². The van der Waals surface area contributed by atoms with Crippen LogP contribution in [0.5, 0.6) is 11.5 Å². The molecule has 0 saturated carbocycles. The van der Waals surface area contributed by atoms with E-state index in [9.17, 15) is 15.0 Å². The van der Waals surface area contributed by atoms with Gasteiger partial charge in [0, 0.05) is 50.8 Å². The quantitative estimate of drug-likeness (QED) is 0.117. The molecule has 0 amide bonds. The van der Waals surface area contributed by atoms with Crippen molar-refractivity contribution in [3.8, 4) is 28.4 Å². The zero-order valence-corrected chi connectivity index (χ0v) is 31.8. The molecule has 58 heavy (non-hydrogen) atoms. The number of nitrogens with zero attached hydrogens (tertiary/aromatic N) is 6. The summed E-state index contributed by atoms with van der Waals surface area (Å²) in [5, 5.41) is 30.8. The lowest BCUT2D eigenvalue weighted by Gasteiger charge is -2.44. The van der Waals surface area contributed by atoms with Crippen molar-refractivity contribution in [1.29, 1.82) is 0 Å². The molecule has 2 aliphatic rings. The molecule has 11 nitrogen and oxygen atoms in total. The summed E-state index contributed by atoms with van der Waals surface area (Å²) in [5.74, 6) is -0.621. The van der Waals surface area contributed by atoms with Gasteiger partial charge in [-0.1, -0.05) is 103 Å². The van der Waals surface area contributed by atoms with Crippen LogP contribution in [0.1, 0.15) is 23.1 Å². The summed E-state index contributed by atoms with van der Waals surface area (Å²) >= 11 is 0. The Morgan fingerprint density at radius 2 is 1.50 bits per heavy atom. The van der Waals surface area contributed by atoms with Crippen molar-refractivity contribution in [2.24, 2.45) is 0 Å². The third-order valence-corrected chi connectivity index (χ3v) is 11.2. The monoisotopic (exact) mass is 778 g/mol. The minimum Gasteiger partial charge on any atom is -0.506 e. The molecule has 7 aromatic rings.